The van der Waals surface area contributed by atoms with E-state index in [2.05, 4.69) is 5.10 Å². The second kappa shape index (κ2) is 3.88. The first-order chi connectivity index (χ1) is 7.49. The summed E-state index contributed by atoms with van der Waals surface area (Å²) in [5.41, 5.74) is 1.17. The van der Waals surface area contributed by atoms with Gasteiger partial charge in [-0.3, -0.25) is 9.48 Å². The zero-order valence-electron chi connectivity index (χ0n) is 9.29. The predicted molar refractivity (Wildman–Crippen MR) is 55.9 cm³/mol. The summed E-state index contributed by atoms with van der Waals surface area (Å²) >= 11 is 0. The van der Waals surface area contributed by atoms with Crippen LogP contribution in [-0.4, -0.2) is 56.1 Å². The smallest absolute Gasteiger partial charge is 0.257 e. The molecule has 0 unspecified atom stereocenters. The minimum Gasteiger partial charge on any atom is -0.388 e. The van der Waals surface area contributed by atoms with Gasteiger partial charge in [-0.25, -0.2) is 0 Å². The quantitative estimate of drug-likeness (QED) is 0.636. The van der Waals surface area contributed by atoms with Gasteiger partial charge < -0.3 is 15.1 Å². The van der Waals surface area contributed by atoms with Gasteiger partial charge in [0, 0.05) is 26.3 Å². The predicted octanol–water partition coefficient (Wildman–Crippen LogP) is -1.09. The van der Waals surface area contributed by atoms with E-state index in [1.165, 1.54) is 4.90 Å². The number of hydrogen-bond acceptors (Lipinski definition) is 4. The Morgan fingerprint density at radius 3 is 2.44 bits per heavy atom. The van der Waals surface area contributed by atoms with E-state index in [0.29, 0.717) is 11.3 Å². The molecule has 1 aliphatic heterocycles. The fourth-order valence-electron chi connectivity index (χ4n) is 1.92. The molecule has 16 heavy (non-hydrogen) atoms. The van der Waals surface area contributed by atoms with Gasteiger partial charge in [-0.2, -0.15) is 5.10 Å². The average Bonchev–Trinajstić information content (AvgIpc) is 2.70. The molecule has 2 atom stereocenters. The SMILES string of the molecule is Cc1nn(C)cc1C(=O)N1C[C@@H](O)[C@@H](O)C1. The second-order valence-corrected chi connectivity index (χ2v) is 4.15. The summed E-state index contributed by atoms with van der Waals surface area (Å²) in [6, 6.07) is 0. The molecular weight excluding hydrogens is 210 g/mol. The Kier molecular flexibility index (Phi) is 2.69. The molecule has 1 amide bonds. The summed E-state index contributed by atoms with van der Waals surface area (Å²) < 4.78 is 1.57. The molecule has 0 spiro atoms. The third kappa shape index (κ3) is 1.81. The van der Waals surface area contributed by atoms with Crippen molar-refractivity contribution in [3.63, 3.8) is 0 Å². The van der Waals surface area contributed by atoms with Gasteiger partial charge in [0.25, 0.3) is 5.91 Å². The van der Waals surface area contributed by atoms with Crippen molar-refractivity contribution >= 4 is 5.91 Å². The molecular formula is C10H15N3O3. The minimum absolute atomic E-state index is 0.175. The number of amides is 1. The number of aryl methyl sites for hydroxylation is 2. The molecule has 0 aliphatic carbocycles. The highest BCUT2D eigenvalue weighted by atomic mass is 16.3. The first-order valence-corrected chi connectivity index (χ1v) is 5.14. The molecule has 6 heteroatoms. The van der Waals surface area contributed by atoms with E-state index in [1.807, 2.05) is 0 Å². The zero-order chi connectivity index (χ0) is 11.9. The first-order valence-electron chi connectivity index (χ1n) is 5.14. The van der Waals surface area contributed by atoms with Crippen LogP contribution in [0.25, 0.3) is 0 Å². The van der Waals surface area contributed by atoms with Crippen molar-refractivity contribution < 1.29 is 15.0 Å². The fourth-order valence-corrected chi connectivity index (χ4v) is 1.92. The van der Waals surface area contributed by atoms with Gasteiger partial charge in [-0.05, 0) is 6.92 Å². The molecule has 1 saturated heterocycles. The molecule has 6 nitrogen and oxygen atoms in total. The Labute approximate surface area is 93.1 Å². The molecule has 1 aromatic heterocycles. The average molecular weight is 225 g/mol. The summed E-state index contributed by atoms with van der Waals surface area (Å²) in [5.74, 6) is -0.193. The number of rotatable bonds is 1. The summed E-state index contributed by atoms with van der Waals surface area (Å²) in [5, 5.41) is 22.8. The van der Waals surface area contributed by atoms with Crippen molar-refractivity contribution in [2.45, 2.75) is 19.1 Å². The molecule has 1 aromatic rings. The van der Waals surface area contributed by atoms with E-state index in [-0.39, 0.29) is 19.0 Å². The molecule has 0 aromatic carbocycles. The van der Waals surface area contributed by atoms with Crippen LogP contribution in [0.15, 0.2) is 6.20 Å². The third-order valence-electron chi connectivity index (χ3n) is 2.79. The molecule has 2 heterocycles. The van der Waals surface area contributed by atoms with E-state index in [1.54, 1.807) is 24.9 Å². The van der Waals surface area contributed by atoms with Crippen LogP contribution in [0.3, 0.4) is 0 Å². The lowest BCUT2D eigenvalue weighted by atomic mass is 10.2. The lowest BCUT2D eigenvalue weighted by Gasteiger charge is -2.14. The van der Waals surface area contributed by atoms with Gasteiger partial charge in [-0.15, -0.1) is 0 Å². The molecule has 1 aliphatic rings. The highest BCUT2D eigenvalue weighted by molar-refractivity contribution is 5.95. The highest BCUT2D eigenvalue weighted by Gasteiger charge is 2.33. The molecule has 1 fully saturated rings. The van der Waals surface area contributed by atoms with Crippen molar-refractivity contribution in [2.24, 2.45) is 7.05 Å². The number of aliphatic hydroxyl groups is 2. The number of hydrogen-bond donors (Lipinski definition) is 2. The first kappa shape index (κ1) is 11.1. The minimum atomic E-state index is -0.846. The summed E-state index contributed by atoms with van der Waals surface area (Å²) in [6.07, 6.45) is -0.0452. The largest absolute Gasteiger partial charge is 0.388 e. The molecule has 0 saturated carbocycles. The maximum Gasteiger partial charge on any atom is 0.257 e. The van der Waals surface area contributed by atoms with Crippen LogP contribution in [0.1, 0.15) is 16.1 Å². The van der Waals surface area contributed by atoms with Crippen molar-refractivity contribution in [2.75, 3.05) is 13.1 Å². The Balaban J connectivity index is 2.17. The molecule has 0 bridgehead atoms. The van der Waals surface area contributed by atoms with Crippen LogP contribution in [0.2, 0.25) is 0 Å². The lowest BCUT2D eigenvalue weighted by Crippen LogP contribution is -2.30. The number of likely N-dealkylation sites (tertiary alicyclic amines) is 1. The Hall–Kier alpha value is -1.40. The Morgan fingerprint density at radius 1 is 1.44 bits per heavy atom. The van der Waals surface area contributed by atoms with Gasteiger partial charge in [0.15, 0.2) is 0 Å². The molecule has 2 N–H and O–H groups in total. The van der Waals surface area contributed by atoms with Crippen molar-refractivity contribution in [3.8, 4) is 0 Å². The monoisotopic (exact) mass is 225 g/mol. The number of carbonyl (C=O) groups excluding carboxylic acids is 1. The number of nitrogens with zero attached hydrogens (tertiary/aromatic N) is 3. The van der Waals surface area contributed by atoms with Crippen molar-refractivity contribution in [1.82, 2.24) is 14.7 Å². The van der Waals surface area contributed by atoms with Gasteiger partial charge in [0.05, 0.1) is 23.5 Å². The lowest BCUT2D eigenvalue weighted by molar-refractivity contribution is 0.0572. The molecule has 2 rings (SSSR count). The molecule has 0 radical (unpaired) electrons. The topological polar surface area (TPSA) is 78.6 Å². The van der Waals surface area contributed by atoms with Gasteiger partial charge in [0.1, 0.15) is 0 Å². The normalized spacial score (nSPS) is 25.1. The summed E-state index contributed by atoms with van der Waals surface area (Å²) in [7, 11) is 1.75. The van der Waals surface area contributed by atoms with Gasteiger partial charge in [0.2, 0.25) is 0 Å². The van der Waals surface area contributed by atoms with Crippen LogP contribution in [-0.2, 0) is 7.05 Å². The van der Waals surface area contributed by atoms with E-state index in [0.717, 1.165) is 0 Å². The van der Waals surface area contributed by atoms with Crippen LogP contribution in [0.4, 0.5) is 0 Å². The third-order valence-corrected chi connectivity index (χ3v) is 2.79. The number of aromatic nitrogens is 2. The van der Waals surface area contributed by atoms with Gasteiger partial charge in [-0.1, -0.05) is 0 Å². The Morgan fingerprint density at radius 2 is 2.00 bits per heavy atom. The number of carbonyl (C=O) groups is 1. The van der Waals surface area contributed by atoms with E-state index in [4.69, 9.17) is 0 Å². The van der Waals surface area contributed by atoms with Crippen LogP contribution in [0.5, 0.6) is 0 Å². The maximum atomic E-state index is 12.0. The summed E-state index contributed by atoms with van der Waals surface area (Å²) in [4.78, 5) is 13.5. The van der Waals surface area contributed by atoms with E-state index >= 15 is 0 Å². The number of β-amino-alcohol motifs (C(OH)–C–C–N with tert-alkyl or cyclic N) is 2. The van der Waals surface area contributed by atoms with E-state index in [9.17, 15) is 15.0 Å². The maximum absolute atomic E-state index is 12.0. The Bertz CT molecular complexity index is 405. The number of aliphatic hydroxyl groups excluding tert-OH is 2. The van der Waals surface area contributed by atoms with E-state index < -0.39 is 12.2 Å². The second-order valence-electron chi connectivity index (χ2n) is 4.15. The standard InChI is InChI=1S/C10H15N3O3/c1-6-7(3-12(2)11-6)10(16)13-4-8(14)9(15)5-13/h3,8-9,14-15H,4-5H2,1-2H3/t8-,9+. The zero-order valence-corrected chi connectivity index (χ0v) is 9.29. The fraction of sp³-hybridized carbons (Fsp3) is 0.600. The van der Waals surface area contributed by atoms with Crippen LogP contribution in [0, 0.1) is 6.92 Å². The highest BCUT2D eigenvalue weighted by Crippen LogP contribution is 2.15. The summed E-state index contributed by atoms with van der Waals surface area (Å²) in [6.45, 7) is 2.11. The molecule has 88 valence electrons. The van der Waals surface area contributed by atoms with Crippen molar-refractivity contribution in [3.05, 3.63) is 17.5 Å². The van der Waals surface area contributed by atoms with Gasteiger partial charge >= 0.3 is 0 Å². The van der Waals surface area contributed by atoms with Crippen LogP contribution < -0.4 is 0 Å². The van der Waals surface area contributed by atoms with Crippen LogP contribution >= 0.6 is 0 Å². The van der Waals surface area contributed by atoms with Crippen molar-refractivity contribution in [1.29, 1.82) is 0 Å².